The molecule has 1 aromatic heterocycles. The van der Waals surface area contributed by atoms with Crippen LogP contribution < -0.4 is 10.1 Å². The zero-order valence-electron chi connectivity index (χ0n) is 14.4. The van der Waals surface area contributed by atoms with Crippen molar-refractivity contribution in [1.82, 2.24) is 15.2 Å². The molecule has 2 heterocycles. The number of aliphatic hydroxyl groups excluding tert-OH is 1. The molecule has 2 aliphatic rings. The second-order valence-corrected chi connectivity index (χ2v) is 6.55. The minimum atomic E-state index is -0.256. The molecule has 6 nitrogen and oxygen atoms in total. The molecule has 0 amide bonds. The number of pyridine rings is 1. The van der Waals surface area contributed by atoms with Gasteiger partial charge in [0, 0.05) is 31.4 Å². The fraction of sp³-hybridized carbons (Fsp3) is 0.667. The van der Waals surface area contributed by atoms with Crippen LogP contribution in [-0.2, 0) is 6.54 Å². The van der Waals surface area contributed by atoms with Crippen molar-refractivity contribution in [1.29, 1.82) is 0 Å². The van der Waals surface area contributed by atoms with E-state index in [0.717, 1.165) is 43.9 Å². The van der Waals surface area contributed by atoms with Gasteiger partial charge in [0.05, 0.1) is 12.6 Å². The van der Waals surface area contributed by atoms with Gasteiger partial charge in [-0.3, -0.25) is 0 Å². The lowest BCUT2D eigenvalue weighted by Gasteiger charge is -2.21. The Kier molecular flexibility index (Phi) is 5.91. The maximum atomic E-state index is 9.75. The van der Waals surface area contributed by atoms with Crippen molar-refractivity contribution in [3.05, 3.63) is 23.9 Å². The number of β-amino-alcohol motifs (C(OH)–C–C–N with tert-alkyl or cyclic N) is 1. The van der Waals surface area contributed by atoms with Crippen molar-refractivity contribution in [3.8, 4) is 5.88 Å². The molecule has 0 aromatic carbocycles. The second kappa shape index (κ2) is 8.33. The Morgan fingerprint density at radius 3 is 2.96 bits per heavy atom. The number of aliphatic hydroxyl groups is 1. The molecule has 0 radical (unpaired) electrons. The number of hydrogen-bond donors (Lipinski definition) is 2. The molecule has 1 saturated carbocycles. The van der Waals surface area contributed by atoms with E-state index in [0.29, 0.717) is 25.1 Å². The van der Waals surface area contributed by atoms with Crippen LogP contribution in [0.3, 0.4) is 0 Å². The third kappa shape index (κ3) is 4.38. The lowest BCUT2D eigenvalue weighted by Crippen LogP contribution is -2.40. The Hall–Kier alpha value is -1.82. The maximum absolute atomic E-state index is 9.75. The number of aromatic nitrogens is 1. The number of nitrogens with one attached hydrogen (secondary N) is 1. The molecule has 0 bridgehead atoms. The van der Waals surface area contributed by atoms with Gasteiger partial charge in [0.1, 0.15) is 6.10 Å². The molecule has 24 heavy (non-hydrogen) atoms. The Bertz CT molecular complexity index is 558. The van der Waals surface area contributed by atoms with Crippen molar-refractivity contribution in [2.45, 2.75) is 57.8 Å². The monoisotopic (exact) mass is 332 g/mol. The summed E-state index contributed by atoms with van der Waals surface area (Å²) in [6.07, 6.45) is 7.34. The first-order valence-corrected chi connectivity index (χ1v) is 9.08. The molecule has 1 aliphatic heterocycles. The SMILES string of the molecule is CCNC(=NCc1cccnc1OC1CCCC1)N1CC[C@@H](O)C1. The van der Waals surface area contributed by atoms with Crippen LogP contribution in [0.15, 0.2) is 23.3 Å². The van der Waals surface area contributed by atoms with E-state index in [1.165, 1.54) is 12.8 Å². The van der Waals surface area contributed by atoms with E-state index >= 15 is 0 Å². The minimum Gasteiger partial charge on any atom is -0.474 e. The molecular formula is C18H28N4O2. The number of likely N-dealkylation sites (tertiary alicyclic amines) is 1. The Balaban J connectivity index is 1.69. The number of aliphatic imine (C=N–C) groups is 1. The van der Waals surface area contributed by atoms with Gasteiger partial charge in [0.25, 0.3) is 0 Å². The lowest BCUT2D eigenvalue weighted by atomic mass is 10.2. The molecule has 2 fully saturated rings. The largest absolute Gasteiger partial charge is 0.474 e. The minimum absolute atomic E-state index is 0.256. The highest BCUT2D eigenvalue weighted by Crippen LogP contribution is 2.25. The van der Waals surface area contributed by atoms with Gasteiger partial charge in [-0.2, -0.15) is 0 Å². The van der Waals surface area contributed by atoms with Crippen LogP contribution in [0.25, 0.3) is 0 Å². The van der Waals surface area contributed by atoms with E-state index < -0.39 is 0 Å². The quantitative estimate of drug-likeness (QED) is 0.637. The van der Waals surface area contributed by atoms with Crippen molar-refractivity contribution in [2.75, 3.05) is 19.6 Å². The Morgan fingerprint density at radius 2 is 2.25 bits per heavy atom. The van der Waals surface area contributed by atoms with Crippen LogP contribution >= 0.6 is 0 Å². The van der Waals surface area contributed by atoms with Crippen LogP contribution in [0, 0.1) is 0 Å². The molecule has 132 valence electrons. The molecule has 1 aromatic rings. The van der Waals surface area contributed by atoms with Gasteiger partial charge >= 0.3 is 0 Å². The molecule has 2 N–H and O–H groups in total. The van der Waals surface area contributed by atoms with Crippen LogP contribution in [0.5, 0.6) is 5.88 Å². The van der Waals surface area contributed by atoms with Crippen molar-refractivity contribution in [3.63, 3.8) is 0 Å². The van der Waals surface area contributed by atoms with Gasteiger partial charge in [0.15, 0.2) is 5.96 Å². The molecule has 1 saturated heterocycles. The number of guanidine groups is 1. The van der Waals surface area contributed by atoms with Crippen molar-refractivity contribution < 1.29 is 9.84 Å². The average Bonchev–Trinajstić information content (AvgIpc) is 3.24. The third-order valence-electron chi connectivity index (χ3n) is 4.63. The topological polar surface area (TPSA) is 70.0 Å². The zero-order valence-corrected chi connectivity index (χ0v) is 14.4. The van der Waals surface area contributed by atoms with Crippen LogP contribution in [0.2, 0.25) is 0 Å². The standard InChI is InChI=1S/C18H28N4O2/c1-2-19-18(22-11-9-15(23)13-22)21-12-14-6-5-10-20-17(14)24-16-7-3-4-8-16/h5-6,10,15-16,23H,2-4,7-9,11-13H2,1H3,(H,19,21)/t15-/m1/s1. The van der Waals surface area contributed by atoms with Gasteiger partial charge in [-0.15, -0.1) is 0 Å². The first-order valence-electron chi connectivity index (χ1n) is 9.08. The van der Waals surface area contributed by atoms with Gasteiger partial charge in [0.2, 0.25) is 5.88 Å². The summed E-state index contributed by atoms with van der Waals surface area (Å²) in [6.45, 7) is 4.88. The smallest absolute Gasteiger partial charge is 0.218 e. The average molecular weight is 332 g/mol. The van der Waals surface area contributed by atoms with Gasteiger partial charge in [-0.05, 0) is 45.1 Å². The molecule has 1 aliphatic carbocycles. The van der Waals surface area contributed by atoms with Crippen LogP contribution in [0.4, 0.5) is 0 Å². The molecule has 0 unspecified atom stereocenters. The van der Waals surface area contributed by atoms with E-state index in [-0.39, 0.29) is 6.10 Å². The van der Waals surface area contributed by atoms with Gasteiger partial charge < -0.3 is 20.1 Å². The third-order valence-corrected chi connectivity index (χ3v) is 4.63. The zero-order chi connectivity index (χ0) is 16.8. The summed E-state index contributed by atoms with van der Waals surface area (Å²) in [5.41, 5.74) is 1.01. The Labute approximate surface area is 143 Å². The van der Waals surface area contributed by atoms with Crippen LogP contribution in [-0.4, -0.2) is 52.8 Å². The fourth-order valence-electron chi connectivity index (χ4n) is 3.33. The fourth-order valence-corrected chi connectivity index (χ4v) is 3.33. The highest BCUT2D eigenvalue weighted by Gasteiger charge is 2.23. The lowest BCUT2D eigenvalue weighted by molar-refractivity contribution is 0.187. The molecular weight excluding hydrogens is 304 g/mol. The van der Waals surface area contributed by atoms with E-state index in [4.69, 9.17) is 9.73 Å². The summed E-state index contributed by atoms with van der Waals surface area (Å²) >= 11 is 0. The summed E-state index contributed by atoms with van der Waals surface area (Å²) in [7, 11) is 0. The predicted molar refractivity (Wildman–Crippen MR) is 94.1 cm³/mol. The van der Waals surface area contributed by atoms with Crippen LogP contribution in [0.1, 0.15) is 44.6 Å². The predicted octanol–water partition coefficient (Wildman–Crippen LogP) is 1.94. The summed E-state index contributed by atoms with van der Waals surface area (Å²) < 4.78 is 6.09. The summed E-state index contributed by atoms with van der Waals surface area (Å²) in [5, 5.41) is 13.1. The van der Waals surface area contributed by atoms with E-state index in [2.05, 4.69) is 22.1 Å². The molecule has 1 atom stereocenters. The number of rotatable bonds is 5. The maximum Gasteiger partial charge on any atom is 0.218 e. The second-order valence-electron chi connectivity index (χ2n) is 6.55. The number of ether oxygens (including phenoxy) is 1. The van der Waals surface area contributed by atoms with E-state index in [9.17, 15) is 5.11 Å². The Morgan fingerprint density at radius 1 is 1.42 bits per heavy atom. The van der Waals surface area contributed by atoms with E-state index in [1.807, 2.05) is 12.1 Å². The highest BCUT2D eigenvalue weighted by molar-refractivity contribution is 5.80. The number of nitrogens with zero attached hydrogens (tertiary/aromatic N) is 3. The van der Waals surface area contributed by atoms with Gasteiger partial charge in [-0.1, -0.05) is 6.07 Å². The summed E-state index contributed by atoms with van der Waals surface area (Å²) in [5.74, 6) is 1.56. The van der Waals surface area contributed by atoms with Gasteiger partial charge in [-0.25, -0.2) is 9.98 Å². The molecule has 3 rings (SSSR count). The normalized spacial score (nSPS) is 22.2. The number of hydrogen-bond acceptors (Lipinski definition) is 4. The van der Waals surface area contributed by atoms with Crippen molar-refractivity contribution in [2.24, 2.45) is 4.99 Å². The first-order chi connectivity index (χ1) is 11.8. The highest BCUT2D eigenvalue weighted by atomic mass is 16.5. The summed E-state index contributed by atoms with van der Waals surface area (Å²) in [6, 6.07) is 3.96. The molecule has 6 heteroatoms. The van der Waals surface area contributed by atoms with E-state index in [1.54, 1.807) is 6.20 Å². The first kappa shape index (κ1) is 17.0. The molecule has 0 spiro atoms. The summed E-state index contributed by atoms with van der Waals surface area (Å²) in [4.78, 5) is 11.3. The van der Waals surface area contributed by atoms with Crippen molar-refractivity contribution >= 4 is 5.96 Å².